The van der Waals surface area contributed by atoms with Crippen LogP contribution in [-0.2, 0) is 9.47 Å². The quantitative estimate of drug-likeness (QED) is 0.665. The monoisotopic (exact) mass is 193 g/mol. The summed E-state index contributed by atoms with van der Waals surface area (Å²) in [6.45, 7) is 0.672. The second kappa shape index (κ2) is 4.19. The van der Waals surface area contributed by atoms with Gasteiger partial charge in [0.25, 0.3) is 0 Å². The molecule has 0 aromatic carbocycles. The van der Waals surface area contributed by atoms with Gasteiger partial charge in [0, 0.05) is 18.8 Å². The van der Waals surface area contributed by atoms with Crippen LogP contribution in [0.4, 0.5) is 0 Å². The predicted molar refractivity (Wildman–Crippen MR) is 48.6 cm³/mol. The SMILES string of the molecule is O=C(OC1CCCO1)c1cccnc1. The van der Waals surface area contributed by atoms with Crippen LogP contribution in [0.5, 0.6) is 0 Å². The number of hydrogen-bond acceptors (Lipinski definition) is 4. The first-order valence-electron chi connectivity index (χ1n) is 4.59. The topological polar surface area (TPSA) is 48.4 Å². The molecule has 1 saturated heterocycles. The van der Waals surface area contributed by atoms with Gasteiger partial charge in [-0.05, 0) is 18.6 Å². The van der Waals surface area contributed by atoms with E-state index in [0.29, 0.717) is 12.2 Å². The molecule has 0 N–H and O–H groups in total. The second-order valence-electron chi connectivity index (χ2n) is 3.09. The summed E-state index contributed by atoms with van der Waals surface area (Å²) in [7, 11) is 0. The molecule has 0 radical (unpaired) electrons. The molecular weight excluding hydrogens is 182 g/mol. The number of carbonyl (C=O) groups is 1. The lowest BCUT2D eigenvalue weighted by molar-refractivity contribution is -0.0776. The normalized spacial score (nSPS) is 20.7. The van der Waals surface area contributed by atoms with Gasteiger partial charge in [0.05, 0.1) is 12.2 Å². The van der Waals surface area contributed by atoms with Crippen molar-refractivity contribution in [2.75, 3.05) is 6.61 Å². The van der Waals surface area contributed by atoms with Crippen molar-refractivity contribution in [3.8, 4) is 0 Å². The molecule has 0 spiro atoms. The van der Waals surface area contributed by atoms with Crippen molar-refractivity contribution >= 4 is 5.97 Å². The number of carbonyl (C=O) groups excluding carboxylic acids is 1. The summed E-state index contributed by atoms with van der Waals surface area (Å²) in [6, 6.07) is 3.37. The summed E-state index contributed by atoms with van der Waals surface area (Å²) in [5.41, 5.74) is 0.461. The van der Waals surface area contributed by atoms with Crippen molar-refractivity contribution in [3.63, 3.8) is 0 Å². The van der Waals surface area contributed by atoms with Crippen LogP contribution in [0.15, 0.2) is 24.5 Å². The smallest absolute Gasteiger partial charge is 0.342 e. The maximum atomic E-state index is 11.5. The average Bonchev–Trinajstić information content (AvgIpc) is 2.72. The predicted octanol–water partition coefficient (Wildman–Crippen LogP) is 1.37. The molecule has 1 aliphatic heterocycles. The van der Waals surface area contributed by atoms with Gasteiger partial charge in [0.1, 0.15) is 0 Å². The molecule has 1 fully saturated rings. The Labute approximate surface area is 81.9 Å². The van der Waals surface area contributed by atoms with Crippen LogP contribution < -0.4 is 0 Å². The summed E-state index contributed by atoms with van der Waals surface area (Å²) in [6.07, 6.45) is 4.46. The van der Waals surface area contributed by atoms with E-state index in [-0.39, 0.29) is 12.3 Å². The van der Waals surface area contributed by atoms with E-state index < -0.39 is 0 Å². The summed E-state index contributed by atoms with van der Waals surface area (Å²) in [5.74, 6) is -0.370. The zero-order chi connectivity index (χ0) is 9.80. The van der Waals surface area contributed by atoms with Gasteiger partial charge in [-0.3, -0.25) is 4.98 Å². The van der Waals surface area contributed by atoms with E-state index in [1.54, 1.807) is 18.3 Å². The highest BCUT2D eigenvalue weighted by Crippen LogP contribution is 2.14. The van der Waals surface area contributed by atoms with Crippen LogP contribution in [-0.4, -0.2) is 23.9 Å². The maximum Gasteiger partial charge on any atom is 0.342 e. The lowest BCUT2D eigenvalue weighted by Gasteiger charge is -2.10. The first-order chi connectivity index (χ1) is 6.86. The third kappa shape index (κ3) is 2.09. The Bertz CT molecular complexity index is 306. The molecule has 0 aliphatic carbocycles. The standard InChI is InChI=1S/C10H11NO3/c12-10(8-3-1-5-11-7-8)14-9-4-2-6-13-9/h1,3,5,7,9H,2,4,6H2. The lowest BCUT2D eigenvalue weighted by Crippen LogP contribution is -2.16. The van der Waals surface area contributed by atoms with Gasteiger partial charge in [-0.15, -0.1) is 0 Å². The van der Waals surface area contributed by atoms with Gasteiger partial charge in [-0.1, -0.05) is 0 Å². The number of ether oxygens (including phenoxy) is 2. The van der Waals surface area contributed by atoms with E-state index >= 15 is 0 Å². The Morgan fingerprint density at radius 1 is 1.64 bits per heavy atom. The van der Waals surface area contributed by atoms with Gasteiger partial charge in [-0.25, -0.2) is 4.79 Å². The number of nitrogens with zero attached hydrogens (tertiary/aromatic N) is 1. The molecule has 1 atom stereocenters. The zero-order valence-electron chi connectivity index (χ0n) is 7.68. The zero-order valence-corrected chi connectivity index (χ0v) is 7.68. The molecule has 1 aromatic rings. The highest BCUT2D eigenvalue weighted by Gasteiger charge is 2.20. The van der Waals surface area contributed by atoms with Gasteiger partial charge < -0.3 is 9.47 Å². The molecule has 1 unspecified atom stereocenters. The molecule has 2 heterocycles. The molecule has 4 heteroatoms. The molecule has 4 nitrogen and oxygen atoms in total. The second-order valence-corrected chi connectivity index (χ2v) is 3.09. The van der Waals surface area contributed by atoms with Crippen molar-refractivity contribution in [1.82, 2.24) is 4.98 Å². The van der Waals surface area contributed by atoms with Crippen molar-refractivity contribution < 1.29 is 14.3 Å². The van der Waals surface area contributed by atoms with Crippen LogP contribution >= 0.6 is 0 Å². The average molecular weight is 193 g/mol. The van der Waals surface area contributed by atoms with Crippen LogP contribution in [0.25, 0.3) is 0 Å². The summed E-state index contributed by atoms with van der Waals surface area (Å²) in [5, 5.41) is 0. The van der Waals surface area contributed by atoms with E-state index in [9.17, 15) is 4.79 Å². The first-order valence-corrected chi connectivity index (χ1v) is 4.59. The molecule has 2 rings (SSSR count). The molecule has 0 bridgehead atoms. The lowest BCUT2D eigenvalue weighted by atomic mass is 10.3. The van der Waals surface area contributed by atoms with Crippen LogP contribution in [0.3, 0.4) is 0 Å². The molecule has 0 saturated carbocycles. The number of pyridine rings is 1. The minimum Gasteiger partial charge on any atom is -0.432 e. The molecule has 74 valence electrons. The third-order valence-corrected chi connectivity index (χ3v) is 2.02. The fraction of sp³-hybridized carbons (Fsp3) is 0.400. The molecule has 1 aliphatic rings. The van der Waals surface area contributed by atoms with Gasteiger partial charge >= 0.3 is 5.97 Å². The highest BCUT2D eigenvalue weighted by molar-refractivity contribution is 5.88. The van der Waals surface area contributed by atoms with Crippen LogP contribution in [0.1, 0.15) is 23.2 Å². The van der Waals surface area contributed by atoms with Crippen LogP contribution in [0, 0.1) is 0 Å². The first kappa shape index (κ1) is 9.15. The summed E-state index contributed by atoms with van der Waals surface area (Å²) >= 11 is 0. The fourth-order valence-corrected chi connectivity index (χ4v) is 1.31. The van der Waals surface area contributed by atoms with E-state index in [1.165, 1.54) is 6.20 Å². The molecule has 1 aromatic heterocycles. The Hall–Kier alpha value is -1.42. The summed E-state index contributed by atoms with van der Waals surface area (Å²) in [4.78, 5) is 15.3. The van der Waals surface area contributed by atoms with Crippen molar-refractivity contribution in [3.05, 3.63) is 30.1 Å². The molecular formula is C10H11NO3. The van der Waals surface area contributed by atoms with E-state index in [0.717, 1.165) is 12.8 Å². The van der Waals surface area contributed by atoms with E-state index in [4.69, 9.17) is 9.47 Å². The van der Waals surface area contributed by atoms with Crippen molar-refractivity contribution in [2.24, 2.45) is 0 Å². The van der Waals surface area contributed by atoms with Crippen LogP contribution in [0.2, 0.25) is 0 Å². The minimum atomic E-state index is -0.372. The number of esters is 1. The minimum absolute atomic E-state index is 0.370. The van der Waals surface area contributed by atoms with Gasteiger partial charge in [0.15, 0.2) is 0 Å². The van der Waals surface area contributed by atoms with Crippen molar-refractivity contribution in [2.45, 2.75) is 19.1 Å². The Balaban J connectivity index is 1.95. The van der Waals surface area contributed by atoms with Gasteiger partial charge in [-0.2, -0.15) is 0 Å². The van der Waals surface area contributed by atoms with E-state index in [2.05, 4.69) is 4.98 Å². The largest absolute Gasteiger partial charge is 0.432 e. The third-order valence-electron chi connectivity index (χ3n) is 2.02. The maximum absolute atomic E-state index is 11.5. The summed E-state index contributed by atoms with van der Waals surface area (Å²) < 4.78 is 10.3. The Kier molecular flexibility index (Phi) is 2.74. The molecule has 14 heavy (non-hydrogen) atoms. The van der Waals surface area contributed by atoms with E-state index in [1.807, 2.05) is 0 Å². The number of hydrogen-bond donors (Lipinski definition) is 0. The molecule has 0 amide bonds. The number of rotatable bonds is 2. The Morgan fingerprint density at radius 3 is 3.21 bits per heavy atom. The van der Waals surface area contributed by atoms with Crippen molar-refractivity contribution in [1.29, 1.82) is 0 Å². The highest BCUT2D eigenvalue weighted by atomic mass is 16.7. The Morgan fingerprint density at radius 2 is 2.57 bits per heavy atom. The number of aromatic nitrogens is 1. The van der Waals surface area contributed by atoms with Gasteiger partial charge in [0.2, 0.25) is 6.29 Å². The fourth-order valence-electron chi connectivity index (χ4n) is 1.31.